The van der Waals surface area contributed by atoms with E-state index in [4.69, 9.17) is 0 Å². The van der Waals surface area contributed by atoms with E-state index in [9.17, 15) is 9.59 Å². The fourth-order valence-electron chi connectivity index (χ4n) is 1.45. The van der Waals surface area contributed by atoms with Crippen LogP contribution in [0.25, 0.3) is 0 Å². The molecule has 0 heterocycles. The van der Waals surface area contributed by atoms with Gasteiger partial charge < -0.3 is 5.32 Å². The van der Waals surface area contributed by atoms with Crippen molar-refractivity contribution in [3.8, 4) is 0 Å². The zero-order valence-corrected chi connectivity index (χ0v) is 9.75. The summed E-state index contributed by atoms with van der Waals surface area (Å²) >= 11 is 0. The van der Waals surface area contributed by atoms with Crippen LogP contribution in [-0.4, -0.2) is 18.2 Å². The number of hydrogen-bond acceptors (Lipinski definition) is 2. The summed E-state index contributed by atoms with van der Waals surface area (Å²) in [5.74, 6) is -0.318. The topological polar surface area (TPSA) is 46.2 Å². The Morgan fingerprint density at radius 2 is 1.94 bits per heavy atom. The number of ketones is 1. The molecule has 1 N–H and O–H groups in total. The van der Waals surface area contributed by atoms with Gasteiger partial charge in [0.1, 0.15) is 0 Å². The fourth-order valence-corrected chi connectivity index (χ4v) is 1.45. The minimum absolute atomic E-state index is 0.0646. The van der Waals surface area contributed by atoms with E-state index in [1.54, 1.807) is 6.07 Å². The van der Waals surface area contributed by atoms with E-state index in [1.807, 2.05) is 32.0 Å². The molecule has 1 amide bonds. The third kappa shape index (κ3) is 3.50. The summed E-state index contributed by atoms with van der Waals surface area (Å²) in [6, 6.07) is 7.31. The van der Waals surface area contributed by atoms with Crippen LogP contribution >= 0.6 is 0 Å². The number of benzene rings is 1. The molecule has 3 heteroatoms. The van der Waals surface area contributed by atoms with E-state index < -0.39 is 0 Å². The van der Waals surface area contributed by atoms with Crippen molar-refractivity contribution in [3.63, 3.8) is 0 Å². The SMILES string of the molecule is CCCNC(=O)CC(=O)c1ccccc1C. The Morgan fingerprint density at radius 3 is 2.56 bits per heavy atom. The Hall–Kier alpha value is -1.64. The molecule has 1 rings (SSSR count). The predicted octanol–water partition coefficient (Wildman–Crippen LogP) is 2.09. The Balaban J connectivity index is 2.59. The standard InChI is InChI=1S/C13H17NO2/c1-3-8-14-13(16)9-12(15)11-7-5-4-6-10(11)2/h4-7H,3,8-9H2,1-2H3,(H,14,16). The van der Waals surface area contributed by atoms with Crippen molar-refractivity contribution < 1.29 is 9.59 Å². The van der Waals surface area contributed by atoms with E-state index >= 15 is 0 Å². The summed E-state index contributed by atoms with van der Waals surface area (Å²) in [6.07, 6.45) is 0.815. The van der Waals surface area contributed by atoms with E-state index in [0.717, 1.165) is 12.0 Å². The van der Waals surface area contributed by atoms with Crippen LogP contribution < -0.4 is 5.32 Å². The number of carbonyl (C=O) groups is 2. The van der Waals surface area contributed by atoms with Crippen molar-refractivity contribution in [2.45, 2.75) is 26.7 Å². The maximum atomic E-state index is 11.8. The second kappa shape index (κ2) is 6.05. The van der Waals surface area contributed by atoms with Gasteiger partial charge in [-0.15, -0.1) is 0 Å². The molecule has 0 fully saturated rings. The van der Waals surface area contributed by atoms with Crippen molar-refractivity contribution in [2.24, 2.45) is 0 Å². The maximum absolute atomic E-state index is 11.8. The van der Waals surface area contributed by atoms with E-state index in [1.165, 1.54) is 0 Å². The minimum atomic E-state index is -0.199. The molecular weight excluding hydrogens is 202 g/mol. The van der Waals surface area contributed by atoms with Gasteiger partial charge in [-0.25, -0.2) is 0 Å². The quantitative estimate of drug-likeness (QED) is 0.609. The Kier molecular flexibility index (Phi) is 4.70. The second-order valence-electron chi connectivity index (χ2n) is 3.76. The molecule has 3 nitrogen and oxygen atoms in total. The van der Waals surface area contributed by atoms with Crippen molar-refractivity contribution in [3.05, 3.63) is 35.4 Å². The zero-order chi connectivity index (χ0) is 12.0. The van der Waals surface area contributed by atoms with Gasteiger partial charge in [0, 0.05) is 12.1 Å². The first-order chi connectivity index (χ1) is 7.65. The average Bonchev–Trinajstić information content (AvgIpc) is 2.26. The lowest BCUT2D eigenvalue weighted by atomic mass is 10.0. The summed E-state index contributed by atoms with van der Waals surface area (Å²) in [7, 11) is 0. The van der Waals surface area contributed by atoms with Gasteiger partial charge >= 0.3 is 0 Å². The number of aryl methyl sites for hydroxylation is 1. The maximum Gasteiger partial charge on any atom is 0.227 e. The molecule has 1 aromatic rings. The lowest BCUT2D eigenvalue weighted by Gasteiger charge is -2.05. The highest BCUT2D eigenvalue weighted by Gasteiger charge is 2.12. The van der Waals surface area contributed by atoms with Crippen LogP contribution in [0.3, 0.4) is 0 Å². The van der Waals surface area contributed by atoms with Crippen molar-refractivity contribution in [1.29, 1.82) is 0 Å². The molecule has 0 aliphatic carbocycles. The van der Waals surface area contributed by atoms with Crippen LogP contribution in [-0.2, 0) is 4.79 Å². The molecular formula is C13H17NO2. The molecule has 86 valence electrons. The molecule has 0 aliphatic heterocycles. The summed E-state index contributed by atoms with van der Waals surface area (Å²) in [5.41, 5.74) is 1.55. The lowest BCUT2D eigenvalue weighted by molar-refractivity contribution is -0.120. The van der Waals surface area contributed by atoms with Gasteiger partial charge in [-0.3, -0.25) is 9.59 Å². The summed E-state index contributed by atoms with van der Waals surface area (Å²) in [5, 5.41) is 2.69. The first-order valence-electron chi connectivity index (χ1n) is 5.50. The molecule has 0 atom stereocenters. The first kappa shape index (κ1) is 12.4. The highest BCUT2D eigenvalue weighted by Crippen LogP contribution is 2.09. The molecule has 0 aromatic heterocycles. The number of nitrogens with one attached hydrogen (secondary N) is 1. The minimum Gasteiger partial charge on any atom is -0.356 e. The Morgan fingerprint density at radius 1 is 1.25 bits per heavy atom. The Bertz CT molecular complexity index is 385. The summed E-state index contributed by atoms with van der Waals surface area (Å²) in [6.45, 7) is 4.47. The molecule has 0 aliphatic rings. The van der Waals surface area contributed by atoms with Crippen molar-refractivity contribution in [2.75, 3.05) is 6.54 Å². The molecule has 0 unspecified atom stereocenters. The van der Waals surface area contributed by atoms with Gasteiger partial charge in [0.2, 0.25) is 5.91 Å². The molecule has 0 saturated carbocycles. The van der Waals surface area contributed by atoms with Gasteiger partial charge in [-0.05, 0) is 18.9 Å². The average molecular weight is 219 g/mol. The van der Waals surface area contributed by atoms with Crippen LogP contribution in [0.4, 0.5) is 0 Å². The van der Waals surface area contributed by atoms with Crippen molar-refractivity contribution in [1.82, 2.24) is 5.32 Å². The van der Waals surface area contributed by atoms with Crippen LogP contribution in [0.1, 0.15) is 35.7 Å². The third-order valence-corrected chi connectivity index (χ3v) is 2.34. The smallest absolute Gasteiger partial charge is 0.227 e. The van der Waals surface area contributed by atoms with Gasteiger partial charge in [0.05, 0.1) is 6.42 Å². The monoisotopic (exact) mass is 219 g/mol. The molecule has 0 spiro atoms. The van der Waals surface area contributed by atoms with Crippen LogP contribution in [0.15, 0.2) is 24.3 Å². The summed E-state index contributed by atoms with van der Waals surface area (Å²) in [4.78, 5) is 23.1. The van der Waals surface area contributed by atoms with Gasteiger partial charge in [-0.2, -0.15) is 0 Å². The number of hydrogen-bond donors (Lipinski definition) is 1. The lowest BCUT2D eigenvalue weighted by Crippen LogP contribution is -2.26. The van der Waals surface area contributed by atoms with E-state index in [0.29, 0.717) is 12.1 Å². The van der Waals surface area contributed by atoms with Crippen LogP contribution in [0.2, 0.25) is 0 Å². The number of amides is 1. The van der Waals surface area contributed by atoms with Crippen molar-refractivity contribution >= 4 is 11.7 Å². The normalized spacial score (nSPS) is 9.88. The van der Waals surface area contributed by atoms with Crippen LogP contribution in [0.5, 0.6) is 0 Å². The molecule has 0 bridgehead atoms. The van der Waals surface area contributed by atoms with Gasteiger partial charge in [0.15, 0.2) is 5.78 Å². The van der Waals surface area contributed by atoms with E-state index in [-0.39, 0.29) is 18.1 Å². The third-order valence-electron chi connectivity index (χ3n) is 2.34. The highest BCUT2D eigenvalue weighted by atomic mass is 16.2. The second-order valence-corrected chi connectivity index (χ2v) is 3.76. The van der Waals surface area contributed by atoms with Gasteiger partial charge in [0.25, 0.3) is 0 Å². The number of Topliss-reactive ketones (excluding diaryl/α,β-unsaturated/α-hetero) is 1. The molecule has 16 heavy (non-hydrogen) atoms. The van der Waals surface area contributed by atoms with E-state index in [2.05, 4.69) is 5.32 Å². The zero-order valence-electron chi connectivity index (χ0n) is 9.75. The first-order valence-corrected chi connectivity index (χ1v) is 5.50. The number of rotatable bonds is 5. The van der Waals surface area contributed by atoms with Gasteiger partial charge in [-0.1, -0.05) is 31.2 Å². The summed E-state index contributed by atoms with van der Waals surface area (Å²) < 4.78 is 0. The predicted molar refractivity (Wildman–Crippen MR) is 63.4 cm³/mol. The Labute approximate surface area is 95.9 Å². The fraction of sp³-hybridized carbons (Fsp3) is 0.385. The molecule has 0 saturated heterocycles. The largest absolute Gasteiger partial charge is 0.356 e. The highest BCUT2D eigenvalue weighted by molar-refractivity contribution is 6.08. The number of carbonyl (C=O) groups excluding carboxylic acids is 2. The van der Waals surface area contributed by atoms with Crippen LogP contribution in [0, 0.1) is 6.92 Å². The molecule has 1 aromatic carbocycles. The molecule has 0 radical (unpaired) electrons.